The zero-order valence-electron chi connectivity index (χ0n) is 18.2. The minimum absolute atomic E-state index is 0.0406. The Bertz CT molecular complexity index is 1130. The van der Waals surface area contributed by atoms with Gasteiger partial charge in [-0.1, -0.05) is 18.2 Å². The van der Waals surface area contributed by atoms with E-state index in [9.17, 15) is 18.8 Å². The molecule has 1 unspecified atom stereocenters. The highest BCUT2D eigenvalue weighted by Crippen LogP contribution is 2.35. The number of imide groups is 1. The van der Waals surface area contributed by atoms with E-state index in [0.717, 1.165) is 37.1 Å². The lowest BCUT2D eigenvalue weighted by atomic mass is 9.87. The number of carbonyl (C=O) groups is 3. The van der Waals surface area contributed by atoms with Crippen LogP contribution in [0.25, 0.3) is 0 Å². The number of amides is 3. The second-order valence-corrected chi connectivity index (χ2v) is 9.11. The first-order valence-corrected chi connectivity index (χ1v) is 11.3. The predicted octanol–water partition coefficient (Wildman–Crippen LogP) is 3.11. The molecule has 2 fully saturated rings. The summed E-state index contributed by atoms with van der Waals surface area (Å²) in [5, 5.41) is 2.28. The molecule has 2 aromatic rings. The number of nitrogens with zero attached hydrogens (tertiary/aromatic N) is 2. The molecule has 0 aliphatic carbocycles. The lowest BCUT2D eigenvalue weighted by Crippen LogP contribution is -2.52. The predicted molar refractivity (Wildman–Crippen MR) is 116 cm³/mol. The molecule has 0 bridgehead atoms. The maximum atomic E-state index is 15.0. The lowest BCUT2D eigenvalue weighted by molar-refractivity contribution is -0.136. The van der Waals surface area contributed by atoms with Crippen LogP contribution in [0.4, 0.5) is 8.78 Å². The minimum Gasteiger partial charge on any atom is -0.322 e. The van der Waals surface area contributed by atoms with Crippen molar-refractivity contribution < 1.29 is 23.2 Å². The summed E-state index contributed by atoms with van der Waals surface area (Å²) in [7, 11) is 0. The van der Waals surface area contributed by atoms with Gasteiger partial charge in [-0.2, -0.15) is 0 Å². The van der Waals surface area contributed by atoms with Crippen LogP contribution in [-0.2, 0) is 22.7 Å². The Hall–Kier alpha value is -3.13. The third-order valence-electron chi connectivity index (χ3n) is 6.96. The molecule has 3 heterocycles. The summed E-state index contributed by atoms with van der Waals surface area (Å²) in [6, 6.07) is 8.95. The van der Waals surface area contributed by atoms with Gasteiger partial charge in [0.15, 0.2) is 0 Å². The van der Waals surface area contributed by atoms with Crippen molar-refractivity contribution in [3.63, 3.8) is 0 Å². The van der Waals surface area contributed by atoms with Crippen LogP contribution >= 0.6 is 0 Å². The molecule has 1 atom stereocenters. The molecule has 1 N–H and O–H groups in total. The summed E-state index contributed by atoms with van der Waals surface area (Å²) in [6.45, 7) is 2.46. The van der Waals surface area contributed by atoms with Crippen molar-refractivity contribution in [2.45, 2.75) is 50.7 Å². The van der Waals surface area contributed by atoms with E-state index in [1.54, 1.807) is 12.1 Å². The molecule has 3 aliphatic heterocycles. The van der Waals surface area contributed by atoms with E-state index in [1.807, 2.05) is 6.07 Å². The van der Waals surface area contributed by atoms with Gasteiger partial charge in [-0.05, 0) is 73.2 Å². The highest BCUT2D eigenvalue weighted by Gasteiger charge is 2.40. The second-order valence-electron chi connectivity index (χ2n) is 9.11. The van der Waals surface area contributed by atoms with Gasteiger partial charge in [-0.3, -0.25) is 24.6 Å². The maximum Gasteiger partial charge on any atom is 0.255 e. The molecule has 3 amide bonds. The molecule has 3 aliphatic rings. The van der Waals surface area contributed by atoms with Crippen LogP contribution in [0.5, 0.6) is 0 Å². The molecule has 2 aromatic carbocycles. The summed E-state index contributed by atoms with van der Waals surface area (Å²) < 4.78 is 28.5. The Kier molecular flexibility index (Phi) is 5.70. The molecular formula is C25H25F2N3O3. The van der Waals surface area contributed by atoms with Crippen LogP contribution in [0.3, 0.4) is 0 Å². The fraction of sp³-hybridized carbons (Fsp3) is 0.400. The number of hydrogen-bond donors (Lipinski definition) is 1. The zero-order valence-corrected chi connectivity index (χ0v) is 18.2. The third kappa shape index (κ3) is 4.27. The number of nitrogens with one attached hydrogen (secondary N) is 1. The van der Waals surface area contributed by atoms with Crippen molar-refractivity contribution in [3.05, 3.63) is 70.3 Å². The van der Waals surface area contributed by atoms with Crippen molar-refractivity contribution in [1.82, 2.24) is 15.1 Å². The quantitative estimate of drug-likeness (QED) is 0.723. The normalized spacial score (nSPS) is 21.9. The lowest BCUT2D eigenvalue weighted by Gasteiger charge is -2.32. The number of fused-ring (bicyclic) bond motifs is 1. The van der Waals surface area contributed by atoms with E-state index in [1.165, 1.54) is 23.1 Å². The monoisotopic (exact) mass is 453 g/mol. The largest absolute Gasteiger partial charge is 0.322 e. The number of likely N-dealkylation sites (tertiary alicyclic amines) is 1. The Balaban J connectivity index is 1.27. The molecule has 2 saturated heterocycles. The second kappa shape index (κ2) is 8.67. The number of carbonyl (C=O) groups excluding carboxylic acids is 3. The van der Waals surface area contributed by atoms with Crippen LogP contribution in [0.2, 0.25) is 0 Å². The van der Waals surface area contributed by atoms with E-state index >= 15 is 4.39 Å². The van der Waals surface area contributed by atoms with Gasteiger partial charge >= 0.3 is 0 Å². The first kappa shape index (κ1) is 21.7. The van der Waals surface area contributed by atoms with Crippen LogP contribution in [-0.4, -0.2) is 46.7 Å². The Morgan fingerprint density at radius 1 is 1.00 bits per heavy atom. The number of benzene rings is 2. The van der Waals surface area contributed by atoms with Crippen LogP contribution in [0, 0.1) is 11.6 Å². The fourth-order valence-corrected chi connectivity index (χ4v) is 5.22. The van der Waals surface area contributed by atoms with E-state index < -0.39 is 17.8 Å². The summed E-state index contributed by atoms with van der Waals surface area (Å²) in [5.74, 6) is -1.77. The van der Waals surface area contributed by atoms with Gasteiger partial charge in [-0.15, -0.1) is 0 Å². The zero-order chi connectivity index (χ0) is 23.1. The number of piperidine rings is 2. The van der Waals surface area contributed by atoms with Gasteiger partial charge in [0.25, 0.3) is 5.91 Å². The van der Waals surface area contributed by atoms with Gasteiger partial charge in [0.1, 0.15) is 17.7 Å². The maximum absolute atomic E-state index is 15.0. The molecule has 172 valence electrons. The van der Waals surface area contributed by atoms with Gasteiger partial charge < -0.3 is 4.90 Å². The van der Waals surface area contributed by atoms with Crippen LogP contribution in [0.1, 0.15) is 58.6 Å². The summed E-state index contributed by atoms with van der Waals surface area (Å²) >= 11 is 0. The standard InChI is InChI=1S/C25H25F2N3O3/c26-18-3-1-2-15(10-18)13-29-8-6-16(7-9-29)19-11-17-14-30(25(33)20(17)12-21(19)27)22-4-5-23(31)28-24(22)32/h1-3,10-12,16,22H,4-9,13-14H2,(H,28,31,32). The first-order chi connectivity index (χ1) is 15.9. The smallest absolute Gasteiger partial charge is 0.255 e. The molecule has 6 nitrogen and oxygen atoms in total. The van der Waals surface area contributed by atoms with Gasteiger partial charge in [0, 0.05) is 25.1 Å². The van der Waals surface area contributed by atoms with E-state index in [-0.39, 0.29) is 42.9 Å². The van der Waals surface area contributed by atoms with Crippen molar-refractivity contribution in [1.29, 1.82) is 0 Å². The van der Waals surface area contributed by atoms with Crippen molar-refractivity contribution in [3.8, 4) is 0 Å². The average Bonchev–Trinajstić information content (AvgIpc) is 3.09. The molecule has 8 heteroatoms. The van der Waals surface area contributed by atoms with Crippen LogP contribution in [0.15, 0.2) is 36.4 Å². The molecule has 5 rings (SSSR count). The Labute approximate surface area is 190 Å². The SMILES string of the molecule is O=C1CCC(N2Cc3cc(C4CCN(Cc5cccc(F)c5)CC4)c(F)cc3C2=O)C(=O)N1. The first-order valence-electron chi connectivity index (χ1n) is 11.3. The molecule has 0 radical (unpaired) electrons. The van der Waals surface area contributed by atoms with E-state index in [0.29, 0.717) is 17.7 Å². The highest BCUT2D eigenvalue weighted by molar-refractivity contribution is 6.05. The molecule has 0 aromatic heterocycles. The molecule has 0 spiro atoms. The highest BCUT2D eigenvalue weighted by atomic mass is 19.1. The molecular weight excluding hydrogens is 428 g/mol. The van der Waals surface area contributed by atoms with Crippen molar-refractivity contribution in [2.75, 3.05) is 13.1 Å². The topological polar surface area (TPSA) is 69.7 Å². The molecule has 33 heavy (non-hydrogen) atoms. The summed E-state index contributed by atoms with van der Waals surface area (Å²) in [4.78, 5) is 40.2. The fourth-order valence-electron chi connectivity index (χ4n) is 5.22. The average molecular weight is 453 g/mol. The van der Waals surface area contributed by atoms with Gasteiger partial charge in [-0.25, -0.2) is 8.78 Å². The third-order valence-corrected chi connectivity index (χ3v) is 6.96. The Morgan fingerprint density at radius 3 is 2.52 bits per heavy atom. The summed E-state index contributed by atoms with van der Waals surface area (Å²) in [5.41, 5.74) is 2.55. The van der Waals surface area contributed by atoms with E-state index in [2.05, 4.69) is 10.2 Å². The van der Waals surface area contributed by atoms with Gasteiger partial charge in [0.05, 0.1) is 0 Å². The van der Waals surface area contributed by atoms with Gasteiger partial charge in [0.2, 0.25) is 11.8 Å². The number of hydrogen-bond acceptors (Lipinski definition) is 4. The van der Waals surface area contributed by atoms with Crippen molar-refractivity contribution in [2.24, 2.45) is 0 Å². The summed E-state index contributed by atoms with van der Waals surface area (Å²) in [6.07, 6.45) is 2.01. The minimum atomic E-state index is -0.708. The molecule has 0 saturated carbocycles. The van der Waals surface area contributed by atoms with Crippen LogP contribution < -0.4 is 5.32 Å². The van der Waals surface area contributed by atoms with Crippen molar-refractivity contribution >= 4 is 17.7 Å². The van der Waals surface area contributed by atoms with E-state index in [4.69, 9.17) is 0 Å². The number of halogens is 2. The number of rotatable bonds is 4. The Morgan fingerprint density at radius 2 is 1.79 bits per heavy atom.